The number of nitrogens with zero attached hydrogens (tertiary/aromatic N) is 2. The zero-order valence-electron chi connectivity index (χ0n) is 15.2. The van der Waals surface area contributed by atoms with E-state index in [2.05, 4.69) is 28.9 Å². The van der Waals surface area contributed by atoms with Crippen molar-refractivity contribution in [1.29, 1.82) is 0 Å². The molecule has 0 amide bonds. The summed E-state index contributed by atoms with van der Waals surface area (Å²) in [6.45, 7) is 7.09. The Morgan fingerprint density at radius 1 is 1.00 bits per heavy atom. The van der Waals surface area contributed by atoms with E-state index in [1.165, 1.54) is 10.5 Å². The van der Waals surface area contributed by atoms with Gasteiger partial charge in [-0.2, -0.15) is 0 Å². The molecule has 2 aromatic rings. The summed E-state index contributed by atoms with van der Waals surface area (Å²) in [7, 11) is 0. The summed E-state index contributed by atoms with van der Waals surface area (Å²) in [4.78, 5) is 6.99. The molecular weight excluding hydrogens is 423 g/mol. The smallest absolute Gasteiger partial charge is 0.0603 e. The lowest BCUT2D eigenvalue weighted by molar-refractivity contribution is 0.0881. The Kier molecular flexibility index (Phi) is 7.74. The fourth-order valence-corrected chi connectivity index (χ4v) is 4.91. The van der Waals surface area contributed by atoms with Crippen molar-refractivity contribution in [3.63, 3.8) is 0 Å². The molecule has 1 aliphatic heterocycles. The second-order valence-electron chi connectivity index (χ2n) is 6.64. The van der Waals surface area contributed by atoms with E-state index in [4.69, 9.17) is 39.9 Å². The van der Waals surface area contributed by atoms with Crippen LogP contribution in [-0.4, -0.2) is 54.2 Å². The number of piperazine rings is 1. The predicted octanol–water partition coefficient (Wildman–Crippen LogP) is 5.47. The van der Waals surface area contributed by atoms with Crippen molar-refractivity contribution in [3.8, 4) is 0 Å². The summed E-state index contributed by atoms with van der Waals surface area (Å²) in [5.74, 6) is 0. The van der Waals surface area contributed by atoms with E-state index in [-0.39, 0.29) is 12.6 Å². The van der Waals surface area contributed by atoms with Crippen LogP contribution in [0.1, 0.15) is 18.5 Å². The highest BCUT2D eigenvalue weighted by molar-refractivity contribution is 7.99. The number of aliphatic hydroxyl groups is 1. The Morgan fingerprint density at radius 3 is 2.41 bits per heavy atom. The van der Waals surface area contributed by atoms with E-state index in [1.54, 1.807) is 11.8 Å². The van der Waals surface area contributed by atoms with E-state index in [0.717, 1.165) is 42.6 Å². The van der Waals surface area contributed by atoms with Gasteiger partial charge in [-0.25, -0.2) is 0 Å². The lowest BCUT2D eigenvalue weighted by Crippen LogP contribution is -2.47. The topological polar surface area (TPSA) is 26.7 Å². The SMILES string of the molecule is C[C@H](c1cc(Cl)ccc1Sc1ccc(Cl)c(Cl)c1)N1CCN(CCO)CC1. The van der Waals surface area contributed by atoms with Crippen molar-refractivity contribution in [2.75, 3.05) is 39.3 Å². The van der Waals surface area contributed by atoms with Gasteiger partial charge in [0.2, 0.25) is 0 Å². The zero-order valence-corrected chi connectivity index (χ0v) is 18.3. The zero-order chi connectivity index (χ0) is 19.4. The van der Waals surface area contributed by atoms with Gasteiger partial charge in [-0.15, -0.1) is 0 Å². The molecule has 3 nitrogen and oxygen atoms in total. The lowest BCUT2D eigenvalue weighted by atomic mass is 10.1. The molecule has 0 aromatic heterocycles. The Labute approximate surface area is 180 Å². The molecule has 3 rings (SSSR count). The summed E-state index contributed by atoms with van der Waals surface area (Å²) in [5, 5.41) is 11.0. The van der Waals surface area contributed by atoms with E-state index in [1.807, 2.05) is 24.3 Å². The molecule has 0 radical (unpaired) electrons. The van der Waals surface area contributed by atoms with E-state index in [0.29, 0.717) is 10.0 Å². The third-order valence-corrected chi connectivity index (χ3v) is 6.97. The molecule has 0 spiro atoms. The molecule has 2 aromatic carbocycles. The third-order valence-electron chi connectivity index (χ3n) is 4.91. The Bertz CT molecular complexity index is 782. The molecule has 1 N–H and O–H groups in total. The minimum Gasteiger partial charge on any atom is -0.395 e. The van der Waals surface area contributed by atoms with Gasteiger partial charge < -0.3 is 5.11 Å². The number of hydrogen-bond acceptors (Lipinski definition) is 4. The molecular formula is C20H23Cl3N2OS. The first kappa shape index (κ1) is 21.3. The van der Waals surface area contributed by atoms with Crippen LogP contribution >= 0.6 is 46.6 Å². The molecule has 1 heterocycles. The van der Waals surface area contributed by atoms with Gasteiger partial charge >= 0.3 is 0 Å². The highest BCUT2D eigenvalue weighted by Gasteiger charge is 2.24. The summed E-state index contributed by atoms with van der Waals surface area (Å²) in [6, 6.07) is 12.0. The monoisotopic (exact) mass is 444 g/mol. The normalized spacial score (nSPS) is 17.2. The highest BCUT2D eigenvalue weighted by Crippen LogP contribution is 2.38. The standard InChI is InChI=1S/C20H23Cl3N2OS/c1-14(25-8-6-24(7-9-25)10-11-26)17-12-15(21)2-5-20(17)27-16-3-4-18(22)19(23)13-16/h2-5,12-14,26H,6-11H2,1H3/t14-/m1/s1. The highest BCUT2D eigenvalue weighted by atomic mass is 35.5. The largest absolute Gasteiger partial charge is 0.395 e. The van der Waals surface area contributed by atoms with E-state index >= 15 is 0 Å². The molecule has 0 aliphatic carbocycles. The van der Waals surface area contributed by atoms with Gasteiger partial charge in [-0.1, -0.05) is 46.6 Å². The molecule has 1 atom stereocenters. The summed E-state index contributed by atoms with van der Waals surface area (Å²) >= 11 is 20.2. The van der Waals surface area contributed by atoms with Gasteiger partial charge in [0.15, 0.2) is 0 Å². The van der Waals surface area contributed by atoms with E-state index < -0.39 is 0 Å². The molecule has 27 heavy (non-hydrogen) atoms. The minimum atomic E-state index is 0.217. The fourth-order valence-electron chi connectivity index (χ4n) is 3.32. The molecule has 0 saturated carbocycles. The summed E-state index contributed by atoms with van der Waals surface area (Å²) < 4.78 is 0. The van der Waals surface area contributed by atoms with Crippen LogP contribution in [0.25, 0.3) is 0 Å². The second kappa shape index (κ2) is 9.84. The molecule has 146 valence electrons. The van der Waals surface area contributed by atoms with Crippen LogP contribution in [0.5, 0.6) is 0 Å². The van der Waals surface area contributed by atoms with Crippen LogP contribution < -0.4 is 0 Å². The van der Waals surface area contributed by atoms with Gasteiger partial charge in [-0.05, 0) is 48.9 Å². The first-order valence-electron chi connectivity index (χ1n) is 8.97. The van der Waals surface area contributed by atoms with Gasteiger partial charge in [0.05, 0.1) is 16.7 Å². The van der Waals surface area contributed by atoms with Gasteiger partial charge in [0.1, 0.15) is 0 Å². The number of aliphatic hydroxyl groups excluding tert-OH is 1. The summed E-state index contributed by atoms with van der Waals surface area (Å²) in [6.07, 6.45) is 0. The number of benzene rings is 2. The lowest BCUT2D eigenvalue weighted by Gasteiger charge is -2.38. The van der Waals surface area contributed by atoms with Crippen LogP contribution in [0.15, 0.2) is 46.2 Å². The first-order valence-corrected chi connectivity index (χ1v) is 10.9. The molecule has 0 bridgehead atoms. The van der Waals surface area contributed by atoms with Crippen molar-refractivity contribution in [2.45, 2.75) is 22.8 Å². The van der Waals surface area contributed by atoms with Crippen LogP contribution in [0.2, 0.25) is 15.1 Å². The molecule has 0 unspecified atom stereocenters. The van der Waals surface area contributed by atoms with Gasteiger partial charge in [-0.3, -0.25) is 9.80 Å². The third kappa shape index (κ3) is 5.54. The Balaban J connectivity index is 1.78. The maximum absolute atomic E-state index is 9.12. The average molecular weight is 446 g/mol. The van der Waals surface area contributed by atoms with Crippen molar-refractivity contribution in [2.24, 2.45) is 0 Å². The van der Waals surface area contributed by atoms with Crippen molar-refractivity contribution < 1.29 is 5.11 Å². The Morgan fingerprint density at radius 2 is 1.74 bits per heavy atom. The summed E-state index contributed by atoms with van der Waals surface area (Å²) in [5.41, 5.74) is 1.22. The molecule has 1 aliphatic rings. The first-order chi connectivity index (χ1) is 13.0. The minimum absolute atomic E-state index is 0.217. The van der Waals surface area contributed by atoms with Crippen molar-refractivity contribution in [3.05, 3.63) is 57.0 Å². The predicted molar refractivity (Wildman–Crippen MR) is 116 cm³/mol. The van der Waals surface area contributed by atoms with Crippen LogP contribution in [-0.2, 0) is 0 Å². The average Bonchev–Trinajstić information content (AvgIpc) is 2.66. The maximum atomic E-state index is 9.12. The second-order valence-corrected chi connectivity index (χ2v) is 9.00. The molecule has 1 fully saturated rings. The van der Waals surface area contributed by atoms with Gasteiger partial charge in [0.25, 0.3) is 0 Å². The molecule has 1 saturated heterocycles. The molecule has 7 heteroatoms. The van der Waals surface area contributed by atoms with Crippen LogP contribution in [0.4, 0.5) is 0 Å². The number of halogens is 3. The van der Waals surface area contributed by atoms with Crippen LogP contribution in [0.3, 0.4) is 0 Å². The number of hydrogen-bond donors (Lipinski definition) is 1. The number of β-amino-alcohol motifs (C(OH)–C–C–N with tert-alkyl or cyclic N) is 1. The fraction of sp³-hybridized carbons (Fsp3) is 0.400. The maximum Gasteiger partial charge on any atom is 0.0603 e. The van der Waals surface area contributed by atoms with Crippen molar-refractivity contribution in [1.82, 2.24) is 9.80 Å². The number of rotatable bonds is 6. The van der Waals surface area contributed by atoms with E-state index in [9.17, 15) is 0 Å². The Hall–Kier alpha value is -0.460. The quantitative estimate of drug-likeness (QED) is 0.638. The van der Waals surface area contributed by atoms with Gasteiger partial charge in [0, 0.05) is 53.6 Å². The van der Waals surface area contributed by atoms with Crippen LogP contribution in [0, 0.1) is 0 Å². The van der Waals surface area contributed by atoms with Crippen molar-refractivity contribution >= 4 is 46.6 Å².